The lowest BCUT2D eigenvalue weighted by Gasteiger charge is -2.24. The number of carbonyl (C=O) groups is 2. The summed E-state index contributed by atoms with van der Waals surface area (Å²) in [5, 5.41) is 12.2. The summed E-state index contributed by atoms with van der Waals surface area (Å²) >= 11 is 5.55. The first-order valence-electron chi connectivity index (χ1n) is 5.75. The van der Waals surface area contributed by atoms with Gasteiger partial charge >= 0.3 is 5.97 Å². The molecular formula is C14H16ClNO3. The molecule has 1 atom stereocenters. The third-order valence-electron chi connectivity index (χ3n) is 2.87. The van der Waals surface area contributed by atoms with Gasteiger partial charge in [-0.15, -0.1) is 0 Å². The minimum Gasteiger partial charge on any atom is -0.481 e. The minimum atomic E-state index is -1.26. The number of halogens is 1. The van der Waals surface area contributed by atoms with Gasteiger partial charge in [0.05, 0.1) is 12.0 Å². The Morgan fingerprint density at radius 1 is 1.37 bits per heavy atom. The van der Waals surface area contributed by atoms with E-state index < -0.39 is 11.4 Å². The van der Waals surface area contributed by atoms with Crippen LogP contribution < -0.4 is 5.32 Å². The first kappa shape index (κ1) is 15.2. The van der Waals surface area contributed by atoms with Crippen LogP contribution in [0.2, 0.25) is 0 Å². The quantitative estimate of drug-likeness (QED) is 0.841. The average Bonchev–Trinajstić information content (AvgIpc) is 2.37. The van der Waals surface area contributed by atoms with Crippen LogP contribution in [-0.2, 0) is 15.0 Å². The summed E-state index contributed by atoms with van der Waals surface area (Å²) in [7, 11) is 0. The SMILES string of the molecule is C=C(Cl)CNC(=O)CC(C)(C(=O)O)c1ccccc1. The van der Waals surface area contributed by atoms with Crippen molar-refractivity contribution in [3.05, 3.63) is 47.5 Å². The fourth-order valence-corrected chi connectivity index (χ4v) is 1.75. The van der Waals surface area contributed by atoms with Crippen molar-refractivity contribution in [1.82, 2.24) is 5.32 Å². The zero-order valence-corrected chi connectivity index (χ0v) is 11.4. The van der Waals surface area contributed by atoms with E-state index in [9.17, 15) is 14.7 Å². The molecule has 5 heteroatoms. The molecule has 0 radical (unpaired) electrons. The molecule has 0 aromatic heterocycles. The standard InChI is InChI=1S/C14H16ClNO3/c1-10(15)9-16-12(17)8-14(2,13(18)19)11-6-4-3-5-7-11/h3-7H,1,8-9H2,2H3,(H,16,17)(H,18,19). The van der Waals surface area contributed by atoms with Crippen LogP contribution in [0.15, 0.2) is 41.9 Å². The van der Waals surface area contributed by atoms with Crippen molar-refractivity contribution in [2.45, 2.75) is 18.8 Å². The van der Waals surface area contributed by atoms with Gasteiger partial charge in [-0.3, -0.25) is 9.59 Å². The van der Waals surface area contributed by atoms with E-state index in [0.717, 1.165) is 0 Å². The molecule has 0 aliphatic rings. The normalized spacial score (nSPS) is 13.4. The highest BCUT2D eigenvalue weighted by Crippen LogP contribution is 2.27. The maximum atomic E-state index is 11.8. The Balaban J connectivity index is 2.87. The molecule has 0 aliphatic heterocycles. The van der Waals surface area contributed by atoms with E-state index in [0.29, 0.717) is 10.6 Å². The number of hydrogen-bond acceptors (Lipinski definition) is 2. The molecule has 4 nitrogen and oxygen atoms in total. The third-order valence-corrected chi connectivity index (χ3v) is 3.01. The Labute approximate surface area is 117 Å². The van der Waals surface area contributed by atoms with Crippen molar-refractivity contribution >= 4 is 23.5 Å². The smallest absolute Gasteiger partial charge is 0.314 e. The van der Waals surface area contributed by atoms with E-state index in [1.165, 1.54) is 6.92 Å². The average molecular weight is 282 g/mol. The summed E-state index contributed by atoms with van der Waals surface area (Å²) in [6.45, 7) is 5.11. The Morgan fingerprint density at radius 2 is 1.95 bits per heavy atom. The van der Waals surface area contributed by atoms with Gasteiger partial charge in [0, 0.05) is 11.5 Å². The van der Waals surface area contributed by atoms with Gasteiger partial charge < -0.3 is 10.4 Å². The largest absolute Gasteiger partial charge is 0.481 e. The molecule has 0 saturated heterocycles. The van der Waals surface area contributed by atoms with Gasteiger partial charge in [0.2, 0.25) is 5.91 Å². The van der Waals surface area contributed by atoms with E-state index in [2.05, 4.69) is 11.9 Å². The lowest BCUT2D eigenvalue weighted by Crippen LogP contribution is -2.39. The fraction of sp³-hybridized carbons (Fsp3) is 0.286. The molecule has 19 heavy (non-hydrogen) atoms. The van der Waals surface area contributed by atoms with E-state index in [1.54, 1.807) is 30.3 Å². The maximum Gasteiger partial charge on any atom is 0.314 e. The summed E-state index contributed by atoms with van der Waals surface area (Å²) in [5.41, 5.74) is -0.679. The van der Waals surface area contributed by atoms with E-state index in [4.69, 9.17) is 11.6 Å². The van der Waals surface area contributed by atoms with Crippen molar-refractivity contribution in [3.63, 3.8) is 0 Å². The third kappa shape index (κ3) is 4.10. The second-order valence-corrected chi connectivity index (χ2v) is 5.01. The molecule has 2 N–H and O–H groups in total. The van der Waals surface area contributed by atoms with Crippen LogP contribution in [0.4, 0.5) is 0 Å². The van der Waals surface area contributed by atoms with Crippen LogP contribution in [0.3, 0.4) is 0 Å². The first-order valence-corrected chi connectivity index (χ1v) is 6.13. The minimum absolute atomic E-state index is 0.130. The fourth-order valence-electron chi connectivity index (χ4n) is 1.69. The number of aliphatic carboxylic acids is 1. The van der Waals surface area contributed by atoms with Gasteiger partial charge in [-0.1, -0.05) is 48.5 Å². The molecule has 1 rings (SSSR count). The van der Waals surface area contributed by atoms with Crippen molar-refractivity contribution in [1.29, 1.82) is 0 Å². The van der Waals surface area contributed by atoms with Gasteiger partial charge in [-0.05, 0) is 12.5 Å². The lowest BCUT2D eigenvalue weighted by atomic mass is 9.79. The van der Waals surface area contributed by atoms with Crippen LogP contribution in [-0.4, -0.2) is 23.5 Å². The van der Waals surface area contributed by atoms with Crippen molar-refractivity contribution < 1.29 is 14.7 Å². The molecule has 102 valence electrons. The van der Waals surface area contributed by atoms with Gasteiger partial charge in [-0.2, -0.15) is 0 Å². The summed E-state index contributed by atoms with van der Waals surface area (Å²) in [6.07, 6.45) is -0.156. The highest BCUT2D eigenvalue weighted by atomic mass is 35.5. The van der Waals surface area contributed by atoms with Crippen LogP contribution in [0, 0.1) is 0 Å². The maximum absolute atomic E-state index is 11.8. The number of benzene rings is 1. The number of carboxylic acid groups (broad SMARTS) is 1. The van der Waals surface area contributed by atoms with Crippen LogP contribution in [0.1, 0.15) is 18.9 Å². The van der Waals surface area contributed by atoms with Crippen LogP contribution in [0.25, 0.3) is 0 Å². The highest BCUT2D eigenvalue weighted by Gasteiger charge is 2.37. The molecule has 0 bridgehead atoms. The van der Waals surface area contributed by atoms with Crippen molar-refractivity contribution in [2.75, 3.05) is 6.54 Å². The molecule has 1 unspecified atom stereocenters. The van der Waals surface area contributed by atoms with Gasteiger partial charge in [-0.25, -0.2) is 0 Å². The number of carbonyl (C=O) groups excluding carboxylic acids is 1. The Kier molecular flexibility index (Phi) is 5.12. The van der Waals surface area contributed by atoms with Gasteiger partial charge in [0.25, 0.3) is 0 Å². The van der Waals surface area contributed by atoms with Crippen LogP contribution in [0.5, 0.6) is 0 Å². The van der Waals surface area contributed by atoms with Gasteiger partial charge in [0.15, 0.2) is 0 Å². The molecule has 0 fully saturated rings. The van der Waals surface area contributed by atoms with E-state index in [-0.39, 0.29) is 18.9 Å². The number of amides is 1. The van der Waals surface area contributed by atoms with Crippen LogP contribution >= 0.6 is 11.6 Å². The first-order chi connectivity index (χ1) is 8.86. The molecule has 1 aromatic rings. The topological polar surface area (TPSA) is 66.4 Å². The predicted octanol–water partition coefficient (Wildman–Crippen LogP) is 2.29. The Hall–Kier alpha value is -1.81. The molecule has 0 saturated carbocycles. The molecule has 1 aromatic carbocycles. The number of rotatable bonds is 6. The number of nitrogens with one attached hydrogen (secondary N) is 1. The Bertz CT molecular complexity index is 487. The zero-order valence-electron chi connectivity index (χ0n) is 10.6. The van der Waals surface area contributed by atoms with Crippen molar-refractivity contribution in [2.24, 2.45) is 0 Å². The number of hydrogen-bond donors (Lipinski definition) is 2. The predicted molar refractivity (Wildman–Crippen MR) is 74.0 cm³/mol. The molecule has 0 spiro atoms. The monoisotopic (exact) mass is 281 g/mol. The summed E-state index contributed by atoms with van der Waals surface area (Å²) in [5.74, 6) is -1.42. The molecule has 0 aliphatic carbocycles. The summed E-state index contributed by atoms with van der Waals surface area (Å²) < 4.78 is 0. The van der Waals surface area contributed by atoms with E-state index >= 15 is 0 Å². The zero-order chi connectivity index (χ0) is 14.5. The summed E-state index contributed by atoms with van der Waals surface area (Å²) in [4.78, 5) is 23.2. The highest BCUT2D eigenvalue weighted by molar-refractivity contribution is 6.29. The molecule has 0 heterocycles. The molecular weight excluding hydrogens is 266 g/mol. The molecule has 1 amide bonds. The van der Waals surface area contributed by atoms with Gasteiger partial charge in [0.1, 0.15) is 0 Å². The second-order valence-electron chi connectivity index (χ2n) is 4.47. The van der Waals surface area contributed by atoms with E-state index in [1.807, 2.05) is 0 Å². The second kappa shape index (κ2) is 6.38. The summed E-state index contributed by atoms with van der Waals surface area (Å²) in [6, 6.07) is 8.68. The van der Waals surface area contributed by atoms with Crippen molar-refractivity contribution in [3.8, 4) is 0 Å². The number of carboxylic acids is 1. The Morgan fingerprint density at radius 3 is 2.42 bits per heavy atom. The lowest BCUT2D eigenvalue weighted by molar-refractivity contribution is -0.145.